The van der Waals surface area contributed by atoms with Crippen molar-refractivity contribution in [1.29, 1.82) is 0 Å². The summed E-state index contributed by atoms with van der Waals surface area (Å²) in [4.78, 5) is 24.0. The molecular formula is C16H16N2O6. The number of fused-ring (bicyclic) bond motifs is 1. The van der Waals surface area contributed by atoms with Gasteiger partial charge in [0.1, 0.15) is 13.2 Å². The Morgan fingerprint density at radius 1 is 1.21 bits per heavy atom. The van der Waals surface area contributed by atoms with Gasteiger partial charge in [0.05, 0.1) is 5.69 Å². The van der Waals surface area contributed by atoms with Crippen molar-refractivity contribution < 1.29 is 28.3 Å². The summed E-state index contributed by atoms with van der Waals surface area (Å²) in [5.41, 5.74) is 1.07. The van der Waals surface area contributed by atoms with Crippen molar-refractivity contribution in [1.82, 2.24) is 5.16 Å². The number of anilines is 1. The second-order valence-corrected chi connectivity index (χ2v) is 5.23. The number of hydrogen-bond acceptors (Lipinski definition) is 7. The van der Waals surface area contributed by atoms with E-state index in [1.165, 1.54) is 13.0 Å². The number of amides is 1. The van der Waals surface area contributed by atoms with E-state index in [-0.39, 0.29) is 5.76 Å². The maximum Gasteiger partial charge on any atom is 0.377 e. The molecule has 0 spiro atoms. The number of carbonyl (C=O) groups is 2. The average molecular weight is 332 g/mol. The highest BCUT2D eigenvalue weighted by Crippen LogP contribution is 2.32. The summed E-state index contributed by atoms with van der Waals surface area (Å²) >= 11 is 0. The molecule has 1 aliphatic rings. The fourth-order valence-electron chi connectivity index (χ4n) is 2.10. The molecule has 0 radical (unpaired) electrons. The number of aromatic nitrogens is 1. The van der Waals surface area contributed by atoms with E-state index in [9.17, 15) is 9.59 Å². The molecule has 126 valence electrons. The van der Waals surface area contributed by atoms with Crippen LogP contribution < -0.4 is 14.8 Å². The molecule has 2 heterocycles. The highest BCUT2D eigenvalue weighted by Gasteiger charge is 2.22. The highest BCUT2D eigenvalue weighted by atomic mass is 16.6. The third-order valence-electron chi connectivity index (χ3n) is 3.29. The smallest absolute Gasteiger partial charge is 0.377 e. The van der Waals surface area contributed by atoms with Crippen molar-refractivity contribution in [2.75, 3.05) is 18.5 Å². The lowest BCUT2D eigenvalue weighted by Crippen LogP contribution is -2.30. The molecule has 8 nitrogen and oxygen atoms in total. The largest absolute Gasteiger partial charge is 0.486 e. The maximum atomic E-state index is 12.1. The Hall–Kier alpha value is -3.03. The molecule has 1 aromatic carbocycles. The van der Waals surface area contributed by atoms with Crippen LogP contribution in [0.1, 0.15) is 23.2 Å². The van der Waals surface area contributed by atoms with Gasteiger partial charge < -0.3 is 24.1 Å². The molecule has 2 aromatic rings. The lowest BCUT2D eigenvalue weighted by atomic mass is 10.2. The molecule has 8 heteroatoms. The number of aryl methyl sites for hydroxylation is 1. The SMILES string of the molecule is Cc1cc(C(=O)O[C@@H](C)C(=O)Nc2ccc3c(c2)OCCO3)on1. The normalized spacial score (nSPS) is 13.9. The number of nitrogens with zero attached hydrogens (tertiary/aromatic N) is 1. The Bertz CT molecular complexity index is 770. The zero-order valence-electron chi connectivity index (χ0n) is 13.2. The van der Waals surface area contributed by atoms with E-state index in [1.54, 1.807) is 25.1 Å². The first kappa shape index (κ1) is 15.9. The van der Waals surface area contributed by atoms with Gasteiger partial charge >= 0.3 is 5.97 Å². The Kier molecular flexibility index (Phi) is 4.37. The van der Waals surface area contributed by atoms with E-state index in [0.29, 0.717) is 36.1 Å². The number of benzene rings is 1. The molecule has 1 aliphatic heterocycles. The third-order valence-corrected chi connectivity index (χ3v) is 3.29. The number of ether oxygens (including phenoxy) is 3. The molecule has 0 saturated heterocycles. The minimum atomic E-state index is -1.00. The van der Waals surface area contributed by atoms with Gasteiger partial charge in [-0.3, -0.25) is 4.79 Å². The summed E-state index contributed by atoms with van der Waals surface area (Å²) in [5, 5.41) is 6.25. The molecule has 0 bridgehead atoms. The first-order valence-corrected chi connectivity index (χ1v) is 7.38. The van der Waals surface area contributed by atoms with Gasteiger partial charge in [0.15, 0.2) is 17.6 Å². The predicted octanol–water partition coefficient (Wildman–Crippen LogP) is 1.94. The predicted molar refractivity (Wildman–Crippen MR) is 82.2 cm³/mol. The highest BCUT2D eigenvalue weighted by molar-refractivity contribution is 5.96. The quantitative estimate of drug-likeness (QED) is 0.854. The molecular weight excluding hydrogens is 316 g/mol. The monoisotopic (exact) mass is 332 g/mol. The third kappa shape index (κ3) is 3.48. The lowest BCUT2D eigenvalue weighted by molar-refractivity contribution is -0.123. The molecule has 1 aromatic heterocycles. The number of hydrogen-bond donors (Lipinski definition) is 1. The molecule has 1 atom stereocenters. The van der Waals surface area contributed by atoms with Crippen LogP contribution in [0.4, 0.5) is 5.69 Å². The molecule has 0 saturated carbocycles. The van der Waals surface area contributed by atoms with E-state index < -0.39 is 18.0 Å². The molecule has 0 aliphatic carbocycles. The van der Waals surface area contributed by atoms with Gasteiger partial charge in [-0.2, -0.15) is 0 Å². The number of esters is 1. The van der Waals surface area contributed by atoms with Crippen molar-refractivity contribution in [3.63, 3.8) is 0 Å². The summed E-state index contributed by atoms with van der Waals surface area (Å²) in [5.74, 6) is -0.0941. The Labute approximate surface area is 137 Å². The van der Waals surface area contributed by atoms with E-state index in [2.05, 4.69) is 10.5 Å². The van der Waals surface area contributed by atoms with E-state index in [4.69, 9.17) is 18.7 Å². The minimum absolute atomic E-state index is 0.0496. The summed E-state index contributed by atoms with van der Waals surface area (Å²) in [6.07, 6.45) is -1.00. The van der Waals surface area contributed by atoms with Gasteiger partial charge in [-0.1, -0.05) is 5.16 Å². The number of rotatable bonds is 4. The first-order valence-electron chi connectivity index (χ1n) is 7.38. The summed E-state index contributed by atoms with van der Waals surface area (Å²) in [6.45, 7) is 4.09. The lowest BCUT2D eigenvalue weighted by Gasteiger charge is -2.19. The van der Waals surface area contributed by atoms with Crippen LogP contribution in [0.15, 0.2) is 28.8 Å². The topological polar surface area (TPSA) is 99.9 Å². The zero-order valence-corrected chi connectivity index (χ0v) is 13.2. The van der Waals surface area contributed by atoms with E-state index >= 15 is 0 Å². The van der Waals surface area contributed by atoms with Gasteiger partial charge in [-0.15, -0.1) is 0 Å². The Morgan fingerprint density at radius 2 is 1.96 bits per heavy atom. The van der Waals surface area contributed by atoms with Crippen LogP contribution in [0.5, 0.6) is 11.5 Å². The van der Waals surface area contributed by atoms with E-state index in [1.807, 2.05) is 0 Å². The molecule has 3 rings (SSSR count). The van der Waals surface area contributed by atoms with Gasteiger partial charge in [0, 0.05) is 17.8 Å². The van der Waals surface area contributed by atoms with Crippen molar-refractivity contribution in [3.05, 3.63) is 35.7 Å². The molecule has 1 N–H and O–H groups in total. The minimum Gasteiger partial charge on any atom is -0.486 e. The van der Waals surface area contributed by atoms with Gasteiger partial charge in [-0.25, -0.2) is 4.79 Å². The number of carbonyl (C=O) groups excluding carboxylic acids is 2. The van der Waals surface area contributed by atoms with Gasteiger partial charge in [0.2, 0.25) is 5.76 Å². The molecule has 24 heavy (non-hydrogen) atoms. The van der Waals surface area contributed by atoms with E-state index in [0.717, 1.165) is 0 Å². The molecule has 1 amide bonds. The fourth-order valence-corrected chi connectivity index (χ4v) is 2.10. The second kappa shape index (κ2) is 6.61. The summed E-state index contributed by atoms with van der Waals surface area (Å²) in [6, 6.07) is 6.48. The Balaban J connectivity index is 1.60. The zero-order chi connectivity index (χ0) is 17.1. The van der Waals surface area contributed by atoms with Crippen LogP contribution in [-0.2, 0) is 9.53 Å². The van der Waals surface area contributed by atoms with Crippen LogP contribution in [0, 0.1) is 6.92 Å². The van der Waals surface area contributed by atoms with Crippen LogP contribution in [-0.4, -0.2) is 36.4 Å². The van der Waals surface area contributed by atoms with Crippen LogP contribution in [0.25, 0.3) is 0 Å². The van der Waals surface area contributed by atoms with Crippen molar-refractivity contribution >= 4 is 17.6 Å². The van der Waals surface area contributed by atoms with Crippen molar-refractivity contribution in [2.45, 2.75) is 20.0 Å². The van der Waals surface area contributed by atoms with Crippen molar-refractivity contribution in [2.24, 2.45) is 0 Å². The van der Waals surface area contributed by atoms with Gasteiger partial charge in [0.25, 0.3) is 5.91 Å². The van der Waals surface area contributed by atoms with Crippen LogP contribution in [0.2, 0.25) is 0 Å². The van der Waals surface area contributed by atoms with Crippen molar-refractivity contribution in [3.8, 4) is 11.5 Å². The average Bonchev–Trinajstić information content (AvgIpc) is 3.01. The molecule has 0 fully saturated rings. The fraction of sp³-hybridized carbons (Fsp3) is 0.312. The van der Waals surface area contributed by atoms with Crippen LogP contribution in [0.3, 0.4) is 0 Å². The summed E-state index contributed by atoms with van der Waals surface area (Å²) in [7, 11) is 0. The number of nitrogens with one attached hydrogen (secondary N) is 1. The second-order valence-electron chi connectivity index (χ2n) is 5.23. The first-order chi connectivity index (χ1) is 11.5. The Morgan fingerprint density at radius 3 is 2.67 bits per heavy atom. The molecule has 0 unspecified atom stereocenters. The summed E-state index contributed by atoms with van der Waals surface area (Å²) < 4.78 is 20.7. The maximum absolute atomic E-state index is 12.1. The van der Waals surface area contributed by atoms with Crippen LogP contribution >= 0.6 is 0 Å². The van der Waals surface area contributed by atoms with Gasteiger partial charge in [-0.05, 0) is 26.0 Å². The standard InChI is InChI=1S/C16H16N2O6/c1-9-7-14(24-18-9)16(20)23-10(2)15(19)17-11-3-4-12-13(8-11)22-6-5-21-12/h3-4,7-8,10H,5-6H2,1-2H3,(H,17,19)/t10-/m0/s1.